The van der Waals surface area contributed by atoms with Gasteiger partial charge in [0, 0.05) is 17.3 Å². The highest BCUT2D eigenvalue weighted by Crippen LogP contribution is 2.37. The number of para-hydroxylation sites is 2. The number of benzene rings is 3. The number of piperidine rings is 1. The first-order valence-electron chi connectivity index (χ1n) is 11.1. The van der Waals surface area contributed by atoms with Crippen molar-refractivity contribution in [2.45, 2.75) is 25.8 Å². The maximum atomic E-state index is 13.4. The van der Waals surface area contributed by atoms with Crippen molar-refractivity contribution in [3.8, 4) is 5.75 Å². The van der Waals surface area contributed by atoms with Gasteiger partial charge in [0.05, 0.1) is 12.0 Å². The Morgan fingerprint density at radius 2 is 1.62 bits per heavy atom. The average Bonchev–Trinajstić information content (AvgIpc) is 2.82. The van der Waals surface area contributed by atoms with E-state index in [4.69, 9.17) is 16.3 Å². The lowest BCUT2D eigenvalue weighted by Gasteiger charge is -2.40. The molecular formula is C27H29ClN2O2. The van der Waals surface area contributed by atoms with E-state index in [-0.39, 0.29) is 5.91 Å². The molecule has 0 atom stereocenters. The van der Waals surface area contributed by atoms with Gasteiger partial charge < -0.3 is 10.1 Å². The average molecular weight is 449 g/mol. The number of nitrogens with one attached hydrogen (secondary N) is 1. The first-order valence-corrected chi connectivity index (χ1v) is 11.5. The van der Waals surface area contributed by atoms with Crippen LogP contribution in [0.25, 0.3) is 0 Å². The molecule has 3 aromatic rings. The minimum Gasteiger partial charge on any atom is -0.494 e. The van der Waals surface area contributed by atoms with Crippen molar-refractivity contribution < 1.29 is 9.53 Å². The predicted molar refractivity (Wildman–Crippen MR) is 130 cm³/mol. The fraction of sp³-hybridized carbons (Fsp3) is 0.296. The Morgan fingerprint density at radius 1 is 0.938 bits per heavy atom. The predicted octanol–water partition coefficient (Wildman–Crippen LogP) is 6.03. The maximum absolute atomic E-state index is 13.4. The van der Waals surface area contributed by atoms with E-state index in [1.807, 2.05) is 78.9 Å². The zero-order chi connectivity index (χ0) is 22.2. The summed E-state index contributed by atoms with van der Waals surface area (Å²) in [4.78, 5) is 15.8. The van der Waals surface area contributed by atoms with Gasteiger partial charge in [-0.15, -0.1) is 0 Å². The fourth-order valence-corrected chi connectivity index (χ4v) is 4.50. The summed E-state index contributed by atoms with van der Waals surface area (Å²) in [5.74, 6) is 0.923. The SMILES string of the molecule is O=C(Nc1ccccc1)C1(CCOc2ccccc2)CCN(Cc2cccc(Cl)c2)CC1. The fourth-order valence-electron chi connectivity index (χ4n) is 4.29. The summed E-state index contributed by atoms with van der Waals surface area (Å²) in [6.45, 7) is 3.08. The van der Waals surface area contributed by atoms with Crippen LogP contribution in [-0.4, -0.2) is 30.5 Å². The van der Waals surface area contributed by atoms with Crippen LogP contribution in [0.15, 0.2) is 84.9 Å². The van der Waals surface area contributed by atoms with Crippen LogP contribution in [0, 0.1) is 5.41 Å². The van der Waals surface area contributed by atoms with Crippen molar-refractivity contribution >= 4 is 23.2 Å². The molecule has 1 aliphatic rings. The topological polar surface area (TPSA) is 41.6 Å². The van der Waals surface area contributed by atoms with Gasteiger partial charge in [0.2, 0.25) is 5.91 Å². The summed E-state index contributed by atoms with van der Waals surface area (Å²) in [5.41, 5.74) is 1.59. The molecule has 0 spiro atoms. The summed E-state index contributed by atoms with van der Waals surface area (Å²) in [6.07, 6.45) is 2.28. The molecule has 1 heterocycles. The van der Waals surface area contributed by atoms with Crippen LogP contribution < -0.4 is 10.1 Å². The van der Waals surface area contributed by atoms with Gasteiger partial charge >= 0.3 is 0 Å². The number of hydrogen-bond acceptors (Lipinski definition) is 3. The molecule has 4 rings (SSSR count). The van der Waals surface area contributed by atoms with Gasteiger partial charge in [0.25, 0.3) is 0 Å². The highest BCUT2D eigenvalue weighted by molar-refractivity contribution is 6.30. The van der Waals surface area contributed by atoms with Crippen LogP contribution in [0.2, 0.25) is 5.02 Å². The van der Waals surface area contributed by atoms with Crippen LogP contribution in [0.3, 0.4) is 0 Å². The molecule has 1 fully saturated rings. The van der Waals surface area contributed by atoms with Crippen molar-refractivity contribution in [3.63, 3.8) is 0 Å². The molecule has 4 nitrogen and oxygen atoms in total. The monoisotopic (exact) mass is 448 g/mol. The molecule has 32 heavy (non-hydrogen) atoms. The third kappa shape index (κ3) is 5.90. The van der Waals surface area contributed by atoms with Crippen molar-refractivity contribution in [3.05, 3.63) is 95.5 Å². The van der Waals surface area contributed by atoms with Gasteiger partial charge in [0.15, 0.2) is 0 Å². The van der Waals surface area contributed by atoms with Gasteiger partial charge in [-0.3, -0.25) is 9.69 Å². The zero-order valence-electron chi connectivity index (χ0n) is 18.2. The number of hydrogen-bond donors (Lipinski definition) is 1. The van der Waals surface area contributed by atoms with Gasteiger partial charge in [-0.05, 0) is 74.3 Å². The third-order valence-corrected chi connectivity index (χ3v) is 6.45. The van der Waals surface area contributed by atoms with Gasteiger partial charge in [-0.2, -0.15) is 0 Å². The second-order valence-electron chi connectivity index (χ2n) is 8.42. The van der Waals surface area contributed by atoms with Crippen molar-refractivity contribution in [1.82, 2.24) is 4.90 Å². The highest BCUT2D eigenvalue weighted by Gasteiger charge is 2.41. The lowest BCUT2D eigenvalue weighted by molar-refractivity contribution is -0.129. The van der Waals surface area contributed by atoms with Gasteiger partial charge in [0.1, 0.15) is 5.75 Å². The summed E-state index contributed by atoms with van der Waals surface area (Å²) in [7, 11) is 0. The highest BCUT2D eigenvalue weighted by atomic mass is 35.5. The molecule has 5 heteroatoms. The Labute approximate surface area is 195 Å². The van der Waals surface area contributed by atoms with E-state index in [0.29, 0.717) is 13.0 Å². The van der Waals surface area contributed by atoms with Crippen molar-refractivity contribution in [2.24, 2.45) is 5.41 Å². The number of rotatable bonds is 8. The van der Waals surface area contributed by atoms with Crippen LogP contribution in [-0.2, 0) is 11.3 Å². The number of nitrogens with zero attached hydrogens (tertiary/aromatic N) is 1. The standard InChI is InChI=1S/C27H29ClN2O2/c28-23-9-7-8-22(20-23)21-30-17-14-27(15-18-30,16-19-32-25-12-5-2-6-13-25)26(31)29-24-10-3-1-4-11-24/h1-13,20H,14-19,21H2,(H,29,31). The van der Waals surface area contributed by atoms with E-state index < -0.39 is 5.41 Å². The lowest BCUT2D eigenvalue weighted by Crippen LogP contribution is -2.47. The summed E-state index contributed by atoms with van der Waals surface area (Å²) in [6, 6.07) is 27.5. The van der Waals surface area contributed by atoms with E-state index in [0.717, 1.165) is 48.9 Å². The van der Waals surface area contributed by atoms with Crippen LogP contribution in [0.5, 0.6) is 5.75 Å². The molecule has 0 radical (unpaired) electrons. The normalized spacial score (nSPS) is 15.8. The minimum atomic E-state index is -0.449. The minimum absolute atomic E-state index is 0.0859. The smallest absolute Gasteiger partial charge is 0.230 e. The van der Waals surface area contributed by atoms with E-state index in [1.165, 1.54) is 5.56 Å². The molecule has 166 valence electrons. The summed E-state index contributed by atoms with van der Waals surface area (Å²) >= 11 is 6.15. The molecule has 0 bridgehead atoms. The second-order valence-corrected chi connectivity index (χ2v) is 8.85. The Morgan fingerprint density at radius 3 is 2.31 bits per heavy atom. The molecule has 0 aromatic heterocycles. The Hall–Kier alpha value is -2.82. The molecule has 0 saturated carbocycles. The van der Waals surface area contributed by atoms with E-state index in [1.54, 1.807) is 0 Å². The van der Waals surface area contributed by atoms with Gasteiger partial charge in [-0.1, -0.05) is 60.1 Å². The molecule has 0 aliphatic carbocycles. The second kappa shape index (κ2) is 10.7. The first-order chi connectivity index (χ1) is 15.6. The Balaban J connectivity index is 1.42. The molecular weight excluding hydrogens is 420 g/mol. The zero-order valence-corrected chi connectivity index (χ0v) is 18.9. The summed E-state index contributed by atoms with van der Waals surface area (Å²) < 4.78 is 5.96. The number of likely N-dealkylation sites (tertiary alicyclic amines) is 1. The molecule has 1 amide bonds. The van der Waals surface area contributed by atoms with E-state index >= 15 is 0 Å². The number of carbonyl (C=O) groups is 1. The number of anilines is 1. The molecule has 0 unspecified atom stereocenters. The summed E-state index contributed by atoms with van der Waals surface area (Å²) in [5, 5.41) is 3.90. The third-order valence-electron chi connectivity index (χ3n) is 6.21. The van der Waals surface area contributed by atoms with Crippen LogP contribution >= 0.6 is 11.6 Å². The van der Waals surface area contributed by atoms with Crippen molar-refractivity contribution in [2.75, 3.05) is 25.0 Å². The number of halogens is 1. The lowest BCUT2D eigenvalue weighted by atomic mass is 9.74. The van der Waals surface area contributed by atoms with Gasteiger partial charge in [-0.25, -0.2) is 0 Å². The van der Waals surface area contributed by atoms with E-state index in [2.05, 4.69) is 16.3 Å². The Bertz CT molecular complexity index is 1000. The van der Waals surface area contributed by atoms with Crippen LogP contribution in [0.4, 0.5) is 5.69 Å². The number of carbonyl (C=O) groups excluding carboxylic acids is 1. The molecule has 3 aromatic carbocycles. The molecule has 1 N–H and O–H groups in total. The first kappa shape index (κ1) is 22.4. The van der Waals surface area contributed by atoms with E-state index in [9.17, 15) is 4.79 Å². The Kier molecular flexibility index (Phi) is 7.46. The quantitative estimate of drug-likeness (QED) is 0.457. The maximum Gasteiger partial charge on any atom is 0.230 e. The largest absolute Gasteiger partial charge is 0.494 e. The number of ether oxygens (including phenoxy) is 1. The molecule has 1 saturated heterocycles. The van der Waals surface area contributed by atoms with Crippen molar-refractivity contribution in [1.29, 1.82) is 0 Å². The number of amides is 1. The molecule has 1 aliphatic heterocycles. The van der Waals surface area contributed by atoms with Crippen LogP contribution in [0.1, 0.15) is 24.8 Å².